The molecule has 104 valence electrons. The van der Waals surface area contributed by atoms with Crippen LogP contribution in [-0.2, 0) is 0 Å². The molecule has 0 atom stereocenters. The smallest absolute Gasteiger partial charge is 0.335 e. The summed E-state index contributed by atoms with van der Waals surface area (Å²) in [6, 6.07) is 12.3. The maximum atomic E-state index is 11.1. The SMILES string of the molecule is CCOc1cccc(-c2cc(C(=O)O)ccc2OC)c1. The van der Waals surface area contributed by atoms with Gasteiger partial charge in [0.25, 0.3) is 0 Å². The van der Waals surface area contributed by atoms with Crippen molar-refractivity contribution in [2.24, 2.45) is 0 Å². The first kappa shape index (κ1) is 13.9. The molecule has 2 aromatic rings. The summed E-state index contributed by atoms with van der Waals surface area (Å²) in [6.07, 6.45) is 0. The lowest BCUT2D eigenvalue weighted by molar-refractivity contribution is 0.0697. The molecule has 0 amide bonds. The highest BCUT2D eigenvalue weighted by Gasteiger charge is 2.11. The Balaban J connectivity index is 2.51. The maximum Gasteiger partial charge on any atom is 0.335 e. The van der Waals surface area contributed by atoms with Crippen molar-refractivity contribution >= 4 is 5.97 Å². The van der Waals surface area contributed by atoms with E-state index in [1.54, 1.807) is 19.2 Å². The van der Waals surface area contributed by atoms with E-state index in [2.05, 4.69) is 0 Å². The number of methoxy groups -OCH3 is 1. The van der Waals surface area contributed by atoms with E-state index < -0.39 is 5.97 Å². The van der Waals surface area contributed by atoms with Gasteiger partial charge < -0.3 is 14.6 Å². The third kappa shape index (κ3) is 2.91. The number of hydrogen-bond donors (Lipinski definition) is 1. The van der Waals surface area contributed by atoms with Gasteiger partial charge in [-0.15, -0.1) is 0 Å². The monoisotopic (exact) mass is 272 g/mol. The molecule has 4 heteroatoms. The van der Waals surface area contributed by atoms with Gasteiger partial charge in [0.1, 0.15) is 11.5 Å². The summed E-state index contributed by atoms with van der Waals surface area (Å²) in [7, 11) is 1.56. The second-order valence-corrected chi connectivity index (χ2v) is 4.18. The number of benzene rings is 2. The minimum atomic E-state index is -0.963. The normalized spacial score (nSPS) is 10.1. The van der Waals surface area contributed by atoms with Crippen LogP contribution in [0.3, 0.4) is 0 Å². The number of carbonyl (C=O) groups is 1. The molecule has 0 saturated heterocycles. The van der Waals surface area contributed by atoms with Crippen molar-refractivity contribution in [3.05, 3.63) is 48.0 Å². The Morgan fingerprint density at radius 3 is 2.65 bits per heavy atom. The lowest BCUT2D eigenvalue weighted by Crippen LogP contribution is -1.98. The minimum Gasteiger partial charge on any atom is -0.496 e. The highest BCUT2D eigenvalue weighted by molar-refractivity contribution is 5.90. The Hall–Kier alpha value is -2.49. The first-order valence-electron chi connectivity index (χ1n) is 6.30. The van der Waals surface area contributed by atoms with E-state index in [0.717, 1.165) is 16.9 Å². The van der Waals surface area contributed by atoms with Gasteiger partial charge in [-0.2, -0.15) is 0 Å². The van der Waals surface area contributed by atoms with Gasteiger partial charge in [0.2, 0.25) is 0 Å². The fourth-order valence-electron chi connectivity index (χ4n) is 1.99. The van der Waals surface area contributed by atoms with Gasteiger partial charge in [-0.25, -0.2) is 4.79 Å². The van der Waals surface area contributed by atoms with Crippen molar-refractivity contribution in [3.8, 4) is 22.6 Å². The maximum absolute atomic E-state index is 11.1. The zero-order valence-electron chi connectivity index (χ0n) is 11.4. The number of aromatic carboxylic acids is 1. The van der Waals surface area contributed by atoms with Crippen LogP contribution in [0.1, 0.15) is 17.3 Å². The molecule has 4 nitrogen and oxygen atoms in total. The van der Waals surface area contributed by atoms with Crippen LogP contribution in [0.5, 0.6) is 11.5 Å². The van der Waals surface area contributed by atoms with Gasteiger partial charge in [-0.3, -0.25) is 0 Å². The molecule has 0 bridgehead atoms. The van der Waals surface area contributed by atoms with Crippen LogP contribution in [0, 0.1) is 0 Å². The molecule has 0 heterocycles. The summed E-state index contributed by atoms with van der Waals surface area (Å²) in [6.45, 7) is 2.49. The van der Waals surface area contributed by atoms with Crippen molar-refractivity contribution in [1.29, 1.82) is 0 Å². The number of carboxylic acid groups (broad SMARTS) is 1. The molecule has 0 aliphatic heterocycles. The van der Waals surface area contributed by atoms with E-state index in [4.69, 9.17) is 14.6 Å². The van der Waals surface area contributed by atoms with Gasteiger partial charge >= 0.3 is 5.97 Å². The van der Waals surface area contributed by atoms with Crippen LogP contribution >= 0.6 is 0 Å². The molecule has 0 spiro atoms. The molecule has 1 N–H and O–H groups in total. The van der Waals surface area contributed by atoms with Crippen molar-refractivity contribution in [3.63, 3.8) is 0 Å². The van der Waals surface area contributed by atoms with Crippen LogP contribution in [-0.4, -0.2) is 24.8 Å². The molecule has 2 aromatic carbocycles. The molecular formula is C16H16O4. The molecule has 20 heavy (non-hydrogen) atoms. The molecule has 0 aliphatic carbocycles. The molecule has 0 aliphatic rings. The van der Waals surface area contributed by atoms with Gasteiger partial charge in [0, 0.05) is 5.56 Å². The quantitative estimate of drug-likeness (QED) is 0.905. The lowest BCUT2D eigenvalue weighted by atomic mass is 10.0. The Bertz CT molecular complexity index is 620. The van der Waals surface area contributed by atoms with Crippen LogP contribution in [0.2, 0.25) is 0 Å². The first-order chi connectivity index (χ1) is 9.65. The van der Waals surface area contributed by atoms with Crippen LogP contribution < -0.4 is 9.47 Å². The zero-order valence-corrected chi connectivity index (χ0v) is 11.4. The third-order valence-corrected chi connectivity index (χ3v) is 2.90. The summed E-state index contributed by atoms with van der Waals surface area (Å²) in [4.78, 5) is 11.1. The predicted octanol–water partition coefficient (Wildman–Crippen LogP) is 3.46. The van der Waals surface area contributed by atoms with Gasteiger partial charge in [0.05, 0.1) is 19.3 Å². The first-order valence-corrected chi connectivity index (χ1v) is 6.30. The second kappa shape index (κ2) is 6.10. The minimum absolute atomic E-state index is 0.225. The molecule has 0 unspecified atom stereocenters. The molecule has 2 rings (SSSR count). The summed E-state index contributed by atoms with van der Waals surface area (Å²) in [5, 5.41) is 9.09. The van der Waals surface area contributed by atoms with Gasteiger partial charge in [-0.1, -0.05) is 12.1 Å². The zero-order chi connectivity index (χ0) is 14.5. The number of hydrogen-bond acceptors (Lipinski definition) is 3. The largest absolute Gasteiger partial charge is 0.496 e. The highest BCUT2D eigenvalue weighted by atomic mass is 16.5. The predicted molar refractivity (Wildman–Crippen MR) is 76.6 cm³/mol. The van der Waals surface area contributed by atoms with Crippen molar-refractivity contribution in [1.82, 2.24) is 0 Å². The van der Waals surface area contributed by atoms with E-state index in [-0.39, 0.29) is 5.56 Å². The van der Waals surface area contributed by atoms with Gasteiger partial charge in [-0.05, 0) is 42.8 Å². The highest BCUT2D eigenvalue weighted by Crippen LogP contribution is 2.32. The Labute approximate surface area is 117 Å². The molecule has 0 radical (unpaired) electrons. The van der Waals surface area contributed by atoms with Crippen LogP contribution in [0.15, 0.2) is 42.5 Å². The van der Waals surface area contributed by atoms with Crippen molar-refractivity contribution < 1.29 is 19.4 Å². The number of ether oxygens (including phenoxy) is 2. The van der Waals surface area contributed by atoms with Crippen molar-refractivity contribution in [2.75, 3.05) is 13.7 Å². The Morgan fingerprint density at radius 2 is 2.00 bits per heavy atom. The topological polar surface area (TPSA) is 55.8 Å². The lowest BCUT2D eigenvalue weighted by Gasteiger charge is -2.11. The second-order valence-electron chi connectivity index (χ2n) is 4.18. The van der Waals surface area contributed by atoms with Crippen molar-refractivity contribution in [2.45, 2.75) is 6.92 Å². The number of rotatable bonds is 5. The number of carboxylic acids is 1. The van der Waals surface area contributed by atoms with Crippen LogP contribution in [0.4, 0.5) is 0 Å². The standard InChI is InChI=1S/C16H16O4/c1-3-20-13-6-4-5-11(9-13)14-10-12(16(17)18)7-8-15(14)19-2/h4-10H,3H2,1-2H3,(H,17,18). The summed E-state index contributed by atoms with van der Waals surface area (Å²) in [5.74, 6) is 0.409. The van der Waals surface area contributed by atoms with E-state index >= 15 is 0 Å². The molecule has 0 aromatic heterocycles. The summed E-state index contributed by atoms with van der Waals surface area (Å²) < 4.78 is 10.8. The average Bonchev–Trinajstić information content (AvgIpc) is 2.47. The Morgan fingerprint density at radius 1 is 1.20 bits per heavy atom. The van der Waals surface area contributed by atoms with E-state index in [9.17, 15) is 4.79 Å². The average molecular weight is 272 g/mol. The fraction of sp³-hybridized carbons (Fsp3) is 0.188. The van der Waals surface area contributed by atoms with Crippen LogP contribution in [0.25, 0.3) is 11.1 Å². The van der Waals surface area contributed by atoms with E-state index in [1.807, 2.05) is 31.2 Å². The molecule has 0 saturated carbocycles. The third-order valence-electron chi connectivity index (χ3n) is 2.90. The fourth-order valence-corrected chi connectivity index (χ4v) is 1.99. The molecular weight excluding hydrogens is 256 g/mol. The van der Waals surface area contributed by atoms with Gasteiger partial charge in [0.15, 0.2) is 0 Å². The van der Waals surface area contributed by atoms with E-state index in [0.29, 0.717) is 12.4 Å². The van der Waals surface area contributed by atoms with E-state index in [1.165, 1.54) is 6.07 Å². The molecule has 0 fully saturated rings. The summed E-state index contributed by atoms with van der Waals surface area (Å²) in [5.41, 5.74) is 1.81. The summed E-state index contributed by atoms with van der Waals surface area (Å²) >= 11 is 0. The Kier molecular flexibility index (Phi) is 4.25.